The first-order valence-corrected chi connectivity index (χ1v) is 7.20. The number of methoxy groups -OCH3 is 1. The van der Waals surface area contributed by atoms with E-state index in [0.717, 1.165) is 11.0 Å². The number of aromatic nitrogens is 2. The Labute approximate surface area is 129 Å². The summed E-state index contributed by atoms with van der Waals surface area (Å²) in [6.45, 7) is 1.83. The maximum Gasteiger partial charge on any atom is 0.319 e. The molecule has 2 atom stereocenters. The smallest absolute Gasteiger partial charge is 0.319 e. The highest BCUT2D eigenvalue weighted by atomic mass is 19.3. The Balaban J connectivity index is 1.90. The van der Waals surface area contributed by atoms with Crippen LogP contribution in [0.5, 0.6) is 0 Å². The highest BCUT2D eigenvalue weighted by Gasteiger charge is 2.48. The standard InChI is InChI=1S/C14H23F2N5O/c1-14(2)9(7-10(14)22-4)20-13(17-3)19-8-11-18-5-6-21(11)12(15)16/h5-6,9-10,12H,7-8H2,1-4H3,(H2,17,19,20). The lowest BCUT2D eigenvalue weighted by atomic mass is 9.64. The minimum atomic E-state index is -2.60. The van der Waals surface area contributed by atoms with Crippen molar-refractivity contribution >= 4 is 5.96 Å². The number of aliphatic imine (C=N–C) groups is 1. The molecular formula is C14H23F2N5O. The molecule has 1 saturated carbocycles. The van der Waals surface area contributed by atoms with Gasteiger partial charge in [-0.2, -0.15) is 8.78 Å². The lowest BCUT2D eigenvalue weighted by Gasteiger charge is -2.51. The summed E-state index contributed by atoms with van der Waals surface area (Å²) in [7, 11) is 3.36. The largest absolute Gasteiger partial charge is 0.381 e. The number of alkyl halides is 2. The molecule has 2 unspecified atom stereocenters. The second kappa shape index (κ2) is 6.60. The fraction of sp³-hybridized carbons (Fsp3) is 0.714. The van der Waals surface area contributed by atoms with Gasteiger partial charge in [0.15, 0.2) is 5.96 Å². The predicted molar refractivity (Wildman–Crippen MR) is 79.8 cm³/mol. The lowest BCUT2D eigenvalue weighted by molar-refractivity contribution is -0.0922. The predicted octanol–water partition coefficient (Wildman–Crippen LogP) is 1.76. The fourth-order valence-corrected chi connectivity index (χ4v) is 2.71. The van der Waals surface area contributed by atoms with Crippen LogP contribution >= 0.6 is 0 Å². The van der Waals surface area contributed by atoms with E-state index in [9.17, 15) is 8.78 Å². The Morgan fingerprint density at radius 3 is 2.86 bits per heavy atom. The van der Waals surface area contributed by atoms with Gasteiger partial charge in [0.25, 0.3) is 0 Å². The van der Waals surface area contributed by atoms with E-state index in [-0.39, 0.29) is 29.9 Å². The van der Waals surface area contributed by atoms with Crippen molar-refractivity contribution in [3.8, 4) is 0 Å². The van der Waals surface area contributed by atoms with E-state index >= 15 is 0 Å². The van der Waals surface area contributed by atoms with Gasteiger partial charge in [-0.1, -0.05) is 13.8 Å². The van der Waals surface area contributed by atoms with Gasteiger partial charge in [0.05, 0.1) is 12.6 Å². The molecule has 0 spiro atoms. The molecule has 0 aliphatic heterocycles. The van der Waals surface area contributed by atoms with Crippen LogP contribution in [0.3, 0.4) is 0 Å². The zero-order chi connectivity index (χ0) is 16.3. The monoisotopic (exact) mass is 315 g/mol. The van der Waals surface area contributed by atoms with E-state index in [2.05, 4.69) is 34.5 Å². The van der Waals surface area contributed by atoms with Crippen LogP contribution in [0.2, 0.25) is 0 Å². The Kier molecular flexibility index (Phi) is 5.00. The SMILES string of the molecule is CN=C(NCc1nccn1C(F)F)NC1CC(OC)C1(C)C. The molecule has 2 N–H and O–H groups in total. The van der Waals surface area contributed by atoms with E-state index in [1.807, 2.05) is 0 Å². The highest BCUT2D eigenvalue weighted by molar-refractivity contribution is 5.80. The molecule has 1 aliphatic rings. The van der Waals surface area contributed by atoms with Gasteiger partial charge in [0.1, 0.15) is 5.82 Å². The van der Waals surface area contributed by atoms with Crippen molar-refractivity contribution in [2.45, 2.75) is 45.5 Å². The first kappa shape index (κ1) is 16.7. The maximum absolute atomic E-state index is 12.8. The summed E-state index contributed by atoms with van der Waals surface area (Å²) in [5, 5.41) is 6.32. The molecule has 8 heteroatoms. The fourth-order valence-electron chi connectivity index (χ4n) is 2.71. The van der Waals surface area contributed by atoms with Crippen LogP contribution in [-0.4, -0.2) is 41.8 Å². The molecular weight excluding hydrogens is 292 g/mol. The Bertz CT molecular complexity index is 529. The number of hydrogen-bond acceptors (Lipinski definition) is 3. The first-order valence-electron chi connectivity index (χ1n) is 7.20. The summed E-state index contributed by atoms with van der Waals surface area (Å²) < 4.78 is 31.8. The number of ether oxygens (including phenoxy) is 1. The van der Waals surface area contributed by atoms with Crippen LogP contribution in [0, 0.1) is 5.41 Å². The minimum Gasteiger partial charge on any atom is -0.381 e. The molecule has 22 heavy (non-hydrogen) atoms. The molecule has 1 aromatic heterocycles. The molecule has 0 bridgehead atoms. The minimum absolute atomic E-state index is 0.00614. The molecule has 2 rings (SSSR count). The molecule has 1 heterocycles. The molecule has 1 fully saturated rings. The van der Waals surface area contributed by atoms with Crippen molar-refractivity contribution in [1.29, 1.82) is 0 Å². The molecule has 0 radical (unpaired) electrons. The van der Waals surface area contributed by atoms with E-state index in [4.69, 9.17) is 4.74 Å². The summed E-state index contributed by atoms with van der Waals surface area (Å²) in [6.07, 6.45) is 3.71. The number of imidazole rings is 1. The first-order chi connectivity index (χ1) is 10.4. The van der Waals surface area contributed by atoms with Crippen LogP contribution in [0.4, 0.5) is 8.78 Å². The Morgan fingerprint density at radius 2 is 2.32 bits per heavy atom. The molecule has 0 amide bonds. The molecule has 0 saturated heterocycles. The third-order valence-electron chi connectivity index (χ3n) is 4.37. The third-order valence-corrected chi connectivity index (χ3v) is 4.37. The van der Waals surface area contributed by atoms with Crippen LogP contribution in [0.25, 0.3) is 0 Å². The number of rotatable bonds is 5. The van der Waals surface area contributed by atoms with Gasteiger partial charge < -0.3 is 15.4 Å². The van der Waals surface area contributed by atoms with E-state index in [1.165, 1.54) is 12.4 Å². The van der Waals surface area contributed by atoms with Crippen LogP contribution in [0.15, 0.2) is 17.4 Å². The third kappa shape index (κ3) is 3.21. The van der Waals surface area contributed by atoms with E-state index < -0.39 is 6.55 Å². The van der Waals surface area contributed by atoms with Gasteiger partial charge in [-0.3, -0.25) is 9.56 Å². The lowest BCUT2D eigenvalue weighted by Crippen LogP contribution is -2.63. The number of guanidine groups is 1. The second-order valence-corrected chi connectivity index (χ2v) is 5.93. The number of halogens is 2. The number of hydrogen-bond donors (Lipinski definition) is 2. The van der Waals surface area contributed by atoms with Crippen molar-refractivity contribution in [2.24, 2.45) is 10.4 Å². The van der Waals surface area contributed by atoms with Gasteiger partial charge in [0, 0.05) is 38.0 Å². The van der Waals surface area contributed by atoms with E-state index in [1.54, 1.807) is 14.2 Å². The van der Waals surface area contributed by atoms with Gasteiger partial charge in [-0.15, -0.1) is 0 Å². The normalized spacial score (nSPS) is 24.2. The van der Waals surface area contributed by atoms with Crippen LogP contribution in [0.1, 0.15) is 32.6 Å². The molecule has 0 aromatic carbocycles. The van der Waals surface area contributed by atoms with Gasteiger partial charge in [0.2, 0.25) is 0 Å². The summed E-state index contributed by atoms with van der Waals surface area (Å²) in [6, 6.07) is 0.221. The van der Waals surface area contributed by atoms with Gasteiger partial charge in [-0.25, -0.2) is 4.98 Å². The Morgan fingerprint density at radius 1 is 1.59 bits per heavy atom. The number of nitrogens with one attached hydrogen (secondary N) is 2. The quantitative estimate of drug-likeness (QED) is 0.642. The zero-order valence-electron chi connectivity index (χ0n) is 13.3. The summed E-state index contributed by atoms with van der Waals surface area (Å²) in [5.41, 5.74) is -0.00614. The second-order valence-electron chi connectivity index (χ2n) is 5.93. The van der Waals surface area contributed by atoms with Crippen molar-refractivity contribution in [2.75, 3.05) is 14.2 Å². The highest BCUT2D eigenvalue weighted by Crippen LogP contribution is 2.42. The molecule has 1 aromatic rings. The molecule has 1 aliphatic carbocycles. The van der Waals surface area contributed by atoms with Crippen molar-refractivity contribution in [1.82, 2.24) is 20.2 Å². The molecule has 124 valence electrons. The average Bonchev–Trinajstić information content (AvgIpc) is 2.94. The Hall–Kier alpha value is -1.70. The average molecular weight is 315 g/mol. The summed E-state index contributed by atoms with van der Waals surface area (Å²) in [5.74, 6) is 0.831. The van der Waals surface area contributed by atoms with Crippen LogP contribution < -0.4 is 10.6 Å². The van der Waals surface area contributed by atoms with Gasteiger partial charge in [-0.05, 0) is 6.42 Å². The maximum atomic E-state index is 12.8. The summed E-state index contributed by atoms with van der Waals surface area (Å²) >= 11 is 0. The topological polar surface area (TPSA) is 63.5 Å². The van der Waals surface area contributed by atoms with Crippen molar-refractivity contribution < 1.29 is 13.5 Å². The van der Waals surface area contributed by atoms with Crippen molar-refractivity contribution in [3.63, 3.8) is 0 Å². The zero-order valence-corrected chi connectivity index (χ0v) is 13.3. The van der Waals surface area contributed by atoms with Gasteiger partial charge >= 0.3 is 6.55 Å². The van der Waals surface area contributed by atoms with E-state index in [0.29, 0.717) is 5.96 Å². The molecule has 6 nitrogen and oxygen atoms in total. The number of nitrogens with zero attached hydrogens (tertiary/aromatic N) is 3. The van der Waals surface area contributed by atoms with Crippen molar-refractivity contribution in [3.05, 3.63) is 18.2 Å². The van der Waals surface area contributed by atoms with Crippen LogP contribution in [-0.2, 0) is 11.3 Å². The summed E-state index contributed by atoms with van der Waals surface area (Å²) in [4.78, 5) is 8.06.